The molecule has 0 atom stereocenters. The van der Waals surface area contributed by atoms with Crippen LogP contribution >= 0.6 is 0 Å². The zero-order chi connectivity index (χ0) is 14.5. The van der Waals surface area contributed by atoms with Gasteiger partial charge < -0.3 is 5.32 Å². The van der Waals surface area contributed by atoms with Crippen molar-refractivity contribution >= 4 is 10.0 Å². The van der Waals surface area contributed by atoms with Gasteiger partial charge in [0, 0.05) is 31.2 Å². The molecule has 0 unspecified atom stereocenters. The number of aromatic nitrogens is 2. The van der Waals surface area contributed by atoms with Gasteiger partial charge in [-0.15, -0.1) is 6.58 Å². The maximum absolute atomic E-state index is 12.5. The van der Waals surface area contributed by atoms with Crippen LogP contribution in [0.3, 0.4) is 0 Å². The van der Waals surface area contributed by atoms with Crippen LogP contribution in [0.25, 0.3) is 0 Å². The fraction of sp³-hybridized carbons (Fsp3) is 0.583. The van der Waals surface area contributed by atoms with E-state index in [1.54, 1.807) is 19.2 Å². The Bertz CT molecular complexity index is 508. The molecule has 0 saturated heterocycles. The summed E-state index contributed by atoms with van der Waals surface area (Å²) >= 11 is 0. The molecule has 6 nitrogen and oxygen atoms in total. The Hall–Kier alpha value is -1.18. The summed E-state index contributed by atoms with van der Waals surface area (Å²) in [6, 6.07) is 0.279. The molecule has 0 amide bonds. The van der Waals surface area contributed by atoms with Gasteiger partial charge in [-0.1, -0.05) is 26.8 Å². The second-order valence-corrected chi connectivity index (χ2v) is 6.38. The maximum Gasteiger partial charge on any atom is 0.260 e. The minimum atomic E-state index is -3.54. The van der Waals surface area contributed by atoms with Gasteiger partial charge in [0.05, 0.1) is 6.20 Å². The highest BCUT2D eigenvalue weighted by atomic mass is 32.2. The number of likely N-dealkylation sites (N-methyl/N-ethyl adjacent to an activating group) is 1. The maximum atomic E-state index is 12.5. The molecule has 0 fully saturated rings. The van der Waals surface area contributed by atoms with E-state index in [0.717, 1.165) is 0 Å². The van der Waals surface area contributed by atoms with Crippen LogP contribution in [0.15, 0.2) is 23.9 Å². The predicted octanol–water partition coefficient (Wildman–Crippen LogP) is 1.10. The molecule has 0 aliphatic carbocycles. The number of nitrogens with one attached hydrogen (secondary N) is 2. The van der Waals surface area contributed by atoms with Crippen molar-refractivity contribution in [1.29, 1.82) is 0 Å². The molecule has 1 aromatic heterocycles. The summed E-state index contributed by atoms with van der Waals surface area (Å²) in [4.78, 5) is 0. The van der Waals surface area contributed by atoms with E-state index in [-0.39, 0.29) is 17.6 Å². The average Bonchev–Trinajstić information content (AvgIpc) is 2.82. The van der Waals surface area contributed by atoms with E-state index in [0.29, 0.717) is 18.7 Å². The molecule has 19 heavy (non-hydrogen) atoms. The summed E-state index contributed by atoms with van der Waals surface area (Å²) in [5.74, 6) is 0. The minimum Gasteiger partial charge on any atom is -0.310 e. The third kappa shape index (κ3) is 3.89. The quantitative estimate of drug-likeness (QED) is 0.702. The molecule has 0 aliphatic rings. The molecule has 0 saturated carbocycles. The largest absolute Gasteiger partial charge is 0.310 e. The van der Waals surface area contributed by atoms with Gasteiger partial charge in [-0.2, -0.15) is 9.40 Å². The van der Waals surface area contributed by atoms with E-state index in [1.165, 1.54) is 4.31 Å². The SMILES string of the molecule is C=CCN(CC)S(=O)(=O)c1[nH]ncc1CNC(C)C. The van der Waals surface area contributed by atoms with Crippen LogP contribution in [0.1, 0.15) is 26.3 Å². The molecule has 2 N–H and O–H groups in total. The fourth-order valence-electron chi connectivity index (χ4n) is 1.63. The van der Waals surface area contributed by atoms with Crippen molar-refractivity contribution < 1.29 is 8.42 Å². The Balaban J connectivity index is 3.01. The Kier molecular flexibility index (Phi) is 5.71. The van der Waals surface area contributed by atoms with E-state index < -0.39 is 10.0 Å². The second-order valence-electron chi connectivity index (χ2n) is 4.50. The van der Waals surface area contributed by atoms with Gasteiger partial charge in [-0.05, 0) is 0 Å². The minimum absolute atomic E-state index is 0.157. The van der Waals surface area contributed by atoms with Crippen LogP contribution in [-0.4, -0.2) is 42.1 Å². The first-order valence-corrected chi connectivity index (χ1v) is 7.74. The first kappa shape index (κ1) is 15.9. The Morgan fingerprint density at radius 3 is 2.79 bits per heavy atom. The van der Waals surface area contributed by atoms with E-state index in [9.17, 15) is 8.42 Å². The van der Waals surface area contributed by atoms with Crippen molar-refractivity contribution in [3.8, 4) is 0 Å². The average molecular weight is 286 g/mol. The van der Waals surface area contributed by atoms with Crippen LogP contribution in [0, 0.1) is 0 Å². The molecule has 1 heterocycles. The fourth-order valence-corrected chi connectivity index (χ4v) is 3.16. The number of hydrogen-bond acceptors (Lipinski definition) is 4. The van der Waals surface area contributed by atoms with Crippen molar-refractivity contribution in [3.05, 3.63) is 24.4 Å². The monoisotopic (exact) mass is 286 g/mol. The predicted molar refractivity (Wildman–Crippen MR) is 75.2 cm³/mol. The molecule has 0 spiro atoms. The second kappa shape index (κ2) is 6.83. The smallest absolute Gasteiger partial charge is 0.260 e. The molecule has 0 radical (unpaired) electrons. The first-order valence-electron chi connectivity index (χ1n) is 6.30. The molecule has 0 bridgehead atoms. The van der Waals surface area contributed by atoms with E-state index in [2.05, 4.69) is 22.1 Å². The van der Waals surface area contributed by atoms with E-state index in [4.69, 9.17) is 0 Å². The van der Waals surface area contributed by atoms with Gasteiger partial charge in [-0.3, -0.25) is 5.10 Å². The summed E-state index contributed by atoms with van der Waals surface area (Å²) in [5, 5.41) is 9.78. The lowest BCUT2D eigenvalue weighted by molar-refractivity contribution is 0.455. The molecule has 1 rings (SSSR count). The lowest BCUT2D eigenvalue weighted by Gasteiger charge is -2.18. The topological polar surface area (TPSA) is 78.1 Å². The van der Waals surface area contributed by atoms with Gasteiger partial charge in [0.1, 0.15) is 0 Å². The van der Waals surface area contributed by atoms with E-state index >= 15 is 0 Å². The summed E-state index contributed by atoms with van der Waals surface area (Å²) < 4.78 is 26.3. The van der Waals surface area contributed by atoms with Gasteiger partial charge in [-0.25, -0.2) is 8.42 Å². The molecule has 7 heteroatoms. The van der Waals surface area contributed by atoms with Crippen molar-refractivity contribution in [2.24, 2.45) is 0 Å². The van der Waals surface area contributed by atoms with Crippen LogP contribution in [-0.2, 0) is 16.6 Å². The third-order valence-electron chi connectivity index (χ3n) is 2.66. The summed E-state index contributed by atoms with van der Waals surface area (Å²) in [6.07, 6.45) is 3.12. The van der Waals surface area contributed by atoms with E-state index in [1.807, 2.05) is 13.8 Å². The summed E-state index contributed by atoms with van der Waals surface area (Å²) in [5.41, 5.74) is 0.649. The van der Waals surface area contributed by atoms with Gasteiger partial charge in [0.25, 0.3) is 10.0 Å². The van der Waals surface area contributed by atoms with Crippen LogP contribution < -0.4 is 5.32 Å². The van der Waals surface area contributed by atoms with Crippen molar-refractivity contribution in [1.82, 2.24) is 19.8 Å². The molecule has 108 valence electrons. The molecule has 0 aromatic carbocycles. The Morgan fingerprint density at radius 1 is 1.58 bits per heavy atom. The normalized spacial score (nSPS) is 12.3. The molecule has 0 aliphatic heterocycles. The number of hydrogen-bond donors (Lipinski definition) is 2. The zero-order valence-electron chi connectivity index (χ0n) is 11.7. The standard InChI is InChI=1S/C12H22N4O2S/c1-5-7-16(6-2)19(17,18)12-11(9-14-15-12)8-13-10(3)4/h5,9-10,13H,1,6-8H2,2-4H3,(H,14,15). The highest BCUT2D eigenvalue weighted by Gasteiger charge is 2.26. The van der Waals surface area contributed by atoms with Crippen LogP contribution in [0.5, 0.6) is 0 Å². The molecular formula is C12H22N4O2S. The third-order valence-corrected chi connectivity index (χ3v) is 4.62. The van der Waals surface area contributed by atoms with Crippen LogP contribution in [0.4, 0.5) is 0 Å². The van der Waals surface area contributed by atoms with Gasteiger partial charge >= 0.3 is 0 Å². The lowest BCUT2D eigenvalue weighted by Crippen LogP contribution is -2.32. The lowest BCUT2D eigenvalue weighted by atomic mass is 10.3. The van der Waals surface area contributed by atoms with Crippen molar-refractivity contribution in [2.75, 3.05) is 13.1 Å². The molecule has 1 aromatic rings. The Labute approximate surface area is 114 Å². The molecular weight excluding hydrogens is 264 g/mol. The van der Waals surface area contributed by atoms with Crippen LogP contribution in [0.2, 0.25) is 0 Å². The summed E-state index contributed by atoms with van der Waals surface area (Å²) in [7, 11) is -3.54. The number of H-pyrrole nitrogens is 1. The highest BCUT2D eigenvalue weighted by molar-refractivity contribution is 7.89. The number of nitrogens with zero attached hydrogens (tertiary/aromatic N) is 2. The first-order chi connectivity index (χ1) is 8.93. The highest BCUT2D eigenvalue weighted by Crippen LogP contribution is 2.17. The number of rotatable bonds is 8. The Morgan fingerprint density at radius 2 is 2.26 bits per heavy atom. The number of aromatic amines is 1. The van der Waals surface area contributed by atoms with Crippen molar-refractivity contribution in [2.45, 2.75) is 38.4 Å². The summed E-state index contributed by atoms with van der Waals surface area (Å²) in [6.45, 7) is 10.5. The number of sulfonamides is 1. The van der Waals surface area contributed by atoms with Crippen molar-refractivity contribution in [3.63, 3.8) is 0 Å². The van der Waals surface area contributed by atoms with Gasteiger partial charge in [0.2, 0.25) is 0 Å². The zero-order valence-corrected chi connectivity index (χ0v) is 12.5. The van der Waals surface area contributed by atoms with Gasteiger partial charge in [0.15, 0.2) is 5.03 Å².